The van der Waals surface area contributed by atoms with Crippen molar-refractivity contribution in [3.05, 3.63) is 112 Å². The Labute approximate surface area is 311 Å². The summed E-state index contributed by atoms with van der Waals surface area (Å²) in [6, 6.07) is 21.8. The third kappa shape index (κ3) is 5.90. The number of aryl methyl sites for hydroxylation is 3. The number of nitrogens with one attached hydrogen (secondary N) is 3. The molecule has 2 bridgehead atoms. The zero-order valence-corrected chi connectivity index (χ0v) is 30.7. The Balaban J connectivity index is 0.966. The minimum Gasteiger partial charge on any atom is -0.371 e. The quantitative estimate of drug-likeness (QED) is 0.145. The molecule has 270 valence electrons. The van der Waals surface area contributed by atoms with Crippen molar-refractivity contribution in [3.8, 4) is 34.2 Å². The van der Waals surface area contributed by atoms with Crippen molar-refractivity contribution in [1.29, 1.82) is 0 Å². The van der Waals surface area contributed by atoms with Crippen molar-refractivity contribution < 1.29 is 14.4 Å². The number of fused-ring (bicyclic) bond motifs is 4. The number of nitrogens with zero attached hydrogens (tertiary/aromatic N) is 4. The lowest BCUT2D eigenvalue weighted by Crippen LogP contribution is -2.69. The summed E-state index contributed by atoms with van der Waals surface area (Å²) >= 11 is 0. The van der Waals surface area contributed by atoms with Crippen LogP contribution >= 0.6 is 0 Å². The maximum absolute atomic E-state index is 13.1. The zero-order chi connectivity index (χ0) is 37.9. The second-order valence-electron chi connectivity index (χ2n) is 14.7. The SMILES string of the molecule is Cc1cc(-c2cc3cccc(-c4cc(C(C)C)c5c(c4)n(C)c(=O)n5C)c3cn2)cnc1C(=O)NCC#Cc1cccc(NC23CC(C2)C(=O)NC3=O)c1. The number of carbonyl (C=O) groups is 3. The molecule has 54 heavy (non-hydrogen) atoms. The second kappa shape index (κ2) is 13.1. The second-order valence-corrected chi connectivity index (χ2v) is 14.7. The van der Waals surface area contributed by atoms with E-state index in [1.54, 1.807) is 15.3 Å². The number of pyridine rings is 2. The summed E-state index contributed by atoms with van der Waals surface area (Å²) in [6.45, 7) is 6.25. The van der Waals surface area contributed by atoms with Crippen LogP contribution in [0.2, 0.25) is 0 Å². The smallest absolute Gasteiger partial charge is 0.328 e. The van der Waals surface area contributed by atoms with Gasteiger partial charge in [0.1, 0.15) is 11.2 Å². The van der Waals surface area contributed by atoms with Gasteiger partial charge in [0.05, 0.1) is 23.3 Å². The van der Waals surface area contributed by atoms with Gasteiger partial charge in [0, 0.05) is 54.6 Å². The molecule has 3 amide bonds. The Morgan fingerprint density at radius 1 is 0.963 bits per heavy atom. The summed E-state index contributed by atoms with van der Waals surface area (Å²) in [7, 11) is 3.63. The summed E-state index contributed by atoms with van der Waals surface area (Å²) in [5.74, 6) is 5.34. The highest BCUT2D eigenvalue weighted by Crippen LogP contribution is 2.44. The van der Waals surface area contributed by atoms with E-state index in [1.807, 2.05) is 69.7 Å². The van der Waals surface area contributed by atoms with E-state index < -0.39 is 5.54 Å². The predicted molar refractivity (Wildman–Crippen MR) is 209 cm³/mol. The van der Waals surface area contributed by atoms with E-state index in [2.05, 4.69) is 70.9 Å². The fourth-order valence-electron chi connectivity index (χ4n) is 7.77. The van der Waals surface area contributed by atoms with Gasteiger partial charge in [-0.3, -0.25) is 38.8 Å². The first-order valence-corrected chi connectivity index (χ1v) is 18.0. The molecule has 0 radical (unpaired) electrons. The molecule has 3 fully saturated rings. The van der Waals surface area contributed by atoms with Crippen molar-refractivity contribution in [2.75, 3.05) is 11.9 Å². The van der Waals surface area contributed by atoms with Gasteiger partial charge in [0.15, 0.2) is 0 Å². The molecule has 11 heteroatoms. The summed E-state index contributed by atoms with van der Waals surface area (Å²) in [4.78, 5) is 59.5. The highest BCUT2D eigenvalue weighted by Gasteiger charge is 2.57. The normalized spacial score (nSPS) is 17.6. The van der Waals surface area contributed by atoms with Crippen LogP contribution in [-0.4, -0.2) is 48.9 Å². The number of anilines is 1. The van der Waals surface area contributed by atoms with Crippen molar-refractivity contribution in [3.63, 3.8) is 0 Å². The van der Waals surface area contributed by atoms with Gasteiger partial charge in [-0.1, -0.05) is 50.0 Å². The minimum atomic E-state index is -0.757. The van der Waals surface area contributed by atoms with Gasteiger partial charge in [-0.25, -0.2) is 4.79 Å². The van der Waals surface area contributed by atoms with Gasteiger partial charge in [-0.15, -0.1) is 0 Å². The Hall–Kier alpha value is -6.54. The molecular formula is C43H39N7O4. The average Bonchev–Trinajstić information content (AvgIpc) is 3.36. The number of hydrogen-bond acceptors (Lipinski definition) is 7. The first-order chi connectivity index (χ1) is 25.9. The van der Waals surface area contributed by atoms with Crippen molar-refractivity contribution >= 4 is 45.2 Å². The minimum absolute atomic E-state index is 0.0499. The third-order valence-electron chi connectivity index (χ3n) is 10.7. The summed E-state index contributed by atoms with van der Waals surface area (Å²) in [6.07, 6.45) is 4.52. The predicted octanol–water partition coefficient (Wildman–Crippen LogP) is 5.58. The molecule has 3 N–H and O–H groups in total. The Kier molecular flexibility index (Phi) is 8.41. The van der Waals surface area contributed by atoms with E-state index in [9.17, 15) is 19.2 Å². The Bertz CT molecular complexity index is 2690. The molecule has 11 nitrogen and oxygen atoms in total. The first-order valence-electron chi connectivity index (χ1n) is 18.0. The van der Waals surface area contributed by atoms with Gasteiger partial charge in [-0.2, -0.15) is 0 Å². The molecule has 2 aliphatic heterocycles. The van der Waals surface area contributed by atoms with Crippen LogP contribution in [0, 0.1) is 24.7 Å². The molecule has 1 aliphatic carbocycles. The van der Waals surface area contributed by atoms with Crippen LogP contribution in [0.4, 0.5) is 5.69 Å². The molecular weight excluding hydrogens is 679 g/mol. The van der Waals surface area contributed by atoms with Crippen molar-refractivity contribution in [2.45, 2.75) is 45.1 Å². The maximum Gasteiger partial charge on any atom is 0.328 e. The standard InChI is InChI=1S/C43H39N7O4/c1-24(2)33-17-28(19-36-38(33)50(5)42(54)49(36)4)32-13-7-11-27-18-35(45-23-34(27)32)29-15-25(3)37(46-22-29)40(52)44-14-8-10-26-9-6-12-31(16-26)48-43-20-30(21-43)39(51)47-41(43)53/h6-7,9,11-13,15-19,22-24,30,48H,14,20-21H2,1-5H3,(H,44,52)(H,47,51,53). The maximum atomic E-state index is 13.1. The topological polar surface area (TPSA) is 140 Å². The van der Waals surface area contributed by atoms with Crippen LogP contribution in [0.1, 0.15) is 59.8 Å². The summed E-state index contributed by atoms with van der Waals surface area (Å²) in [5, 5.41) is 10.6. The van der Waals surface area contributed by atoms with E-state index in [-0.39, 0.29) is 41.8 Å². The Morgan fingerprint density at radius 3 is 2.52 bits per heavy atom. The lowest BCUT2D eigenvalue weighted by molar-refractivity contribution is -0.149. The van der Waals surface area contributed by atoms with Crippen molar-refractivity contribution in [1.82, 2.24) is 29.7 Å². The van der Waals surface area contributed by atoms with E-state index in [0.29, 0.717) is 24.1 Å². The van der Waals surface area contributed by atoms with Crippen LogP contribution in [-0.2, 0) is 23.7 Å². The Morgan fingerprint density at radius 2 is 1.76 bits per heavy atom. The van der Waals surface area contributed by atoms with E-state index in [0.717, 1.165) is 61.0 Å². The van der Waals surface area contributed by atoms with Crippen LogP contribution in [0.15, 0.2) is 83.9 Å². The molecule has 6 aromatic rings. The highest BCUT2D eigenvalue weighted by molar-refractivity contribution is 6.08. The molecule has 0 unspecified atom stereocenters. The number of hydrogen-bond donors (Lipinski definition) is 3. The molecule has 1 saturated carbocycles. The number of imide groups is 1. The lowest BCUT2D eigenvalue weighted by Gasteiger charge is -2.50. The zero-order valence-electron chi connectivity index (χ0n) is 30.7. The molecule has 9 rings (SSSR count). The van der Waals surface area contributed by atoms with E-state index >= 15 is 0 Å². The molecule has 3 aliphatic rings. The number of carbonyl (C=O) groups excluding carboxylic acids is 3. The van der Waals surface area contributed by atoms with Gasteiger partial charge >= 0.3 is 5.69 Å². The van der Waals surface area contributed by atoms with Crippen LogP contribution in [0.5, 0.6) is 0 Å². The fraction of sp³-hybridized carbons (Fsp3) is 0.256. The largest absolute Gasteiger partial charge is 0.371 e. The summed E-state index contributed by atoms with van der Waals surface area (Å²) in [5.41, 5.74) is 8.24. The number of benzene rings is 3. The third-order valence-corrected chi connectivity index (χ3v) is 10.7. The fourth-order valence-corrected chi connectivity index (χ4v) is 7.77. The molecule has 3 aromatic carbocycles. The molecule has 2 saturated heterocycles. The number of piperidine rings is 2. The number of amides is 3. The first kappa shape index (κ1) is 34.5. The van der Waals surface area contributed by atoms with Gasteiger partial charge in [0.2, 0.25) is 5.91 Å². The molecule has 0 atom stereocenters. The molecule has 0 spiro atoms. The lowest BCUT2D eigenvalue weighted by atomic mass is 9.64. The molecule has 5 heterocycles. The number of aromatic nitrogens is 4. The van der Waals surface area contributed by atoms with Crippen molar-refractivity contribution in [2.24, 2.45) is 20.0 Å². The number of rotatable bonds is 7. The summed E-state index contributed by atoms with van der Waals surface area (Å²) < 4.78 is 3.42. The van der Waals surface area contributed by atoms with E-state index in [1.165, 1.54) is 0 Å². The highest BCUT2D eigenvalue weighted by atomic mass is 16.2. The average molecular weight is 718 g/mol. The van der Waals surface area contributed by atoms with Crippen LogP contribution in [0.3, 0.4) is 0 Å². The monoisotopic (exact) mass is 717 g/mol. The van der Waals surface area contributed by atoms with Gasteiger partial charge < -0.3 is 10.6 Å². The van der Waals surface area contributed by atoms with E-state index in [4.69, 9.17) is 4.98 Å². The van der Waals surface area contributed by atoms with Gasteiger partial charge in [-0.05, 0) is 95.8 Å². The van der Waals surface area contributed by atoms with Crippen LogP contribution < -0.4 is 21.6 Å². The molecule has 3 aromatic heterocycles. The number of imidazole rings is 1. The van der Waals surface area contributed by atoms with Gasteiger partial charge in [0.25, 0.3) is 11.8 Å². The van der Waals surface area contributed by atoms with Crippen LogP contribution in [0.25, 0.3) is 44.2 Å².